The number of nitrogens with zero attached hydrogens (tertiary/aromatic N) is 2. The van der Waals surface area contributed by atoms with Crippen molar-refractivity contribution >= 4 is 21.6 Å². The highest BCUT2D eigenvalue weighted by Gasteiger charge is 2.28. The summed E-state index contributed by atoms with van der Waals surface area (Å²) in [6, 6.07) is 3.97. The molecule has 1 amide bonds. The van der Waals surface area contributed by atoms with Crippen molar-refractivity contribution in [3.8, 4) is 0 Å². The molecule has 134 valence electrons. The van der Waals surface area contributed by atoms with Gasteiger partial charge < -0.3 is 9.73 Å². The third kappa shape index (κ3) is 3.88. The number of anilines is 1. The molecule has 9 heteroatoms. The van der Waals surface area contributed by atoms with Crippen LogP contribution in [0.4, 0.5) is 5.69 Å². The van der Waals surface area contributed by atoms with Gasteiger partial charge >= 0.3 is 0 Å². The van der Waals surface area contributed by atoms with Crippen molar-refractivity contribution in [1.82, 2.24) is 14.9 Å². The number of carbonyl (C=O) groups is 1. The Morgan fingerprint density at radius 3 is 2.72 bits per heavy atom. The average Bonchev–Trinajstić information content (AvgIpc) is 3.09. The Bertz CT molecular complexity index is 905. The molecular formula is C16H20N4O4S. The SMILES string of the molecule is Cc1nnc(C(CC(C)C)NS(=O)(=O)c2ccc3c(c2)CC(=O)N3)o1. The molecule has 1 aromatic carbocycles. The average molecular weight is 364 g/mol. The van der Waals surface area contributed by atoms with Gasteiger partial charge in [0, 0.05) is 12.6 Å². The Morgan fingerprint density at radius 2 is 2.08 bits per heavy atom. The van der Waals surface area contributed by atoms with Crippen molar-refractivity contribution in [1.29, 1.82) is 0 Å². The number of nitrogens with one attached hydrogen (secondary N) is 2. The molecule has 0 saturated carbocycles. The van der Waals surface area contributed by atoms with Crippen molar-refractivity contribution in [2.24, 2.45) is 5.92 Å². The topological polar surface area (TPSA) is 114 Å². The molecule has 3 rings (SSSR count). The predicted octanol–water partition coefficient (Wildman–Crippen LogP) is 1.94. The summed E-state index contributed by atoms with van der Waals surface area (Å²) in [5.74, 6) is 0.705. The third-order valence-corrected chi connectivity index (χ3v) is 5.33. The Kier molecular flexibility index (Phi) is 4.61. The van der Waals surface area contributed by atoms with E-state index in [9.17, 15) is 13.2 Å². The molecule has 8 nitrogen and oxygen atoms in total. The molecular weight excluding hydrogens is 344 g/mol. The Morgan fingerprint density at radius 1 is 1.32 bits per heavy atom. The van der Waals surface area contributed by atoms with Crippen LogP contribution in [0, 0.1) is 12.8 Å². The van der Waals surface area contributed by atoms with Gasteiger partial charge in [0.1, 0.15) is 6.04 Å². The summed E-state index contributed by atoms with van der Waals surface area (Å²) in [7, 11) is -3.80. The smallest absolute Gasteiger partial charge is 0.241 e. The molecule has 2 heterocycles. The van der Waals surface area contributed by atoms with Crippen LogP contribution in [-0.2, 0) is 21.2 Å². The van der Waals surface area contributed by atoms with E-state index in [4.69, 9.17) is 4.42 Å². The van der Waals surface area contributed by atoms with Gasteiger partial charge in [-0.3, -0.25) is 4.79 Å². The summed E-state index contributed by atoms with van der Waals surface area (Å²) in [5.41, 5.74) is 1.32. The van der Waals surface area contributed by atoms with Gasteiger partial charge in [-0.2, -0.15) is 4.72 Å². The first-order valence-electron chi connectivity index (χ1n) is 7.99. The van der Waals surface area contributed by atoms with Gasteiger partial charge in [-0.15, -0.1) is 10.2 Å². The van der Waals surface area contributed by atoms with E-state index in [2.05, 4.69) is 20.2 Å². The second-order valence-corrected chi connectivity index (χ2v) is 8.22. The molecule has 2 N–H and O–H groups in total. The lowest BCUT2D eigenvalue weighted by Crippen LogP contribution is -2.30. The minimum absolute atomic E-state index is 0.104. The zero-order valence-electron chi connectivity index (χ0n) is 14.2. The van der Waals surface area contributed by atoms with E-state index in [0.29, 0.717) is 23.6 Å². The van der Waals surface area contributed by atoms with Crippen LogP contribution >= 0.6 is 0 Å². The van der Waals surface area contributed by atoms with E-state index in [0.717, 1.165) is 0 Å². The molecule has 1 unspecified atom stereocenters. The van der Waals surface area contributed by atoms with Crippen LogP contribution in [0.5, 0.6) is 0 Å². The molecule has 2 aromatic rings. The van der Waals surface area contributed by atoms with Crippen molar-refractivity contribution < 1.29 is 17.6 Å². The number of sulfonamides is 1. The maximum Gasteiger partial charge on any atom is 0.241 e. The summed E-state index contributed by atoms with van der Waals surface area (Å²) in [6.45, 7) is 5.62. The van der Waals surface area contributed by atoms with E-state index in [-0.39, 0.29) is 29.0 Å². The van der Waals surface area contributed by atoms with E-state index < -0.39 is 16.1 Å². The highest BCUT2D eigenvalue weighted by Crippen LogP contribution is 2.28. The fourth-order valence-electron chi connectivity index (χ4n) is 2.75. The van der Waals surface area contributed by atoms with E-state index >= 15 is 0 Å². The van der Waals surface area contributed by atoms with Crippen LogP contribution in [0.15, 0.2) is 27.5 Å². The number of benzene rings is 1. The highest BCUT2D eigenvalue weighted by molar-refractivity contribution is 7.89. The van der Waals surface area contributed by atoms with E-state index in [1.807, 2.05) is 13.8 Å². The van der Waals surface area contributed by atoms with Gasteiger partial charge in [0.25, 0.3) is 0 Å². The Labute approximate surface area is 146 Å². The minimum atomic E-state index is -3.80. The van der Waals surface area contributed by atoms with Crippen molar-refractivity contribution in [3.05, 3.63) is 35.5 Å². The first-order valence-corrected chi connectivity index (χ1v) is 9.48. The Balaban J connectivity index is 1.88. The van der Waals surface area contributed by atoms with Gasteiger partial charge in [-0.05, 0) is 36.1 Å². The first-order chi connectivity index (χ1) is 11.7. The maximum atomic E-state index is 12.8. The summed E-state index contributed by atoms with van der Waals surface area (Å²) in [4.78, 5) is 11.5. The maximum absolute atomic E-state index is 12.8. The predicted molar refractivity (Wildman–Crippen MR) is 90.3 cm³/mol. The van der Waals surface area contributed by atoms with Gasteiger partial charge in [0.2, 0.25) is 27.7 Å². The number of rotatable bonds is 6. The summed E-state index contributed by atoms with van der Waals surface area (Å²) in [6.07, 6.45) is 0.697. The fraction of sp³-hybridized carbons (Fsp3) is 0.438. The second kappa shape index (κ2) is 6.57. The van der Waals surface area contributed by atoms with E-state index in [1.165, 1.54) is 12.1 Å². The molecule has 0 radical (unpaired) electrons. The van der Waals surface area contributed by atoms with Crippen molar-refractivity contribution in [2.75, 3.05) is 5.32 Å². The number of amides is 1. The molecule has 1 aromatic heterocycles. The van der Waals surface area contributed by atoms with Gasteiger partial charge in [-0.1, -0.05) is 13.8 Å². The molecule has 0 spiro atoms. The minimum Gasteiger partial charge on any atom is -0.424 e. The third-order valence-electron chi connectivity index (χ3n) is 3.86. The van der Waals surface area contributed by atoms with Crippen LogP contribution in [0.2, 0.25) is 0 Å². The van der Waals surface area contributed by atoms with Crippen LogP contribution < -0.4 is 10.0 Å². The monoisotopic (exact) mass is 364 g/mol. The standard InChI is InChI=1S/C16H20N4O4S/c1-9(2)6-14(16-19-18-10(3)24-16)20-25(22,23)12-4-5-13-11(7-12)8-15(21)17-13/h4-5,7,9,14,20H,6,8H2,1-3H3,(H,17,21). The lowest BCUT2D eigenvalue weighted by atomic mass is 10.0. The summed E-state index contributed by atoms with van der Waals surface area (Å²) in [5, 5.41) is 10.4. The second-order valence-electron chi connectivity index (χ2n) is 6.51. The van der Waals surface area contributed by atoms with Crippen LogP contribution in [0.3, 0.4) is 0 Å². The molecule has 0 bridgehead atoms. The lowest BCUT2D eigenvalue weighted by Gasteiger charge is -2.17. The normalized spacial score (nSPS) is 15.3. The highest BCUT2D eigenvalue weighted by atomic mass is 32.2. The summed E-state index contributed by atoms with van der Waals surface area (Å²) < 4.78 is 33.6. The molecule has 25 heavy (non-hydrogen) atoms. The summed E-state index contributed by atoms with van der Waals surface area (Å²) >= 11 is 0. The van der Waals surface area contributed by atoms with Crippen molar-refractivity contribution in [2.45, 2.75) is 44.6 Å². The molecule has 0 aliphatic carbocycles. The molecule has 0 saturated heterocycles. The Hall–Kier alpha value is -2.26. The molecule has 1 atom stereocenters. The van der Waals surface area contributed by atoms with Crippen LogP contribution in [-0.4, -0.2) is 24.5 Å². The molecule has 1 aliphatic rings. The van der Waals surface area contributed by atoms with Crippen LogP contribution in [0.1, 0.15) is 43.7 Å². The first kappa shape index (κ1) is 17.6. The molecule has 1 aliphatic heterocycles. The lowest BCUT2D eigenvalue weighted by molar-refractivity contribution is -0.115. The largest absolute Gasteiger partial charge is 0.424 e. The number of aromatic nitrogens is 2. The number of hydrogen-bond acceptors (Lipinski definition) is 6. The quantitative estimate of drug-likeness (QED) is 0.809. The number of fused-ring (bicyclic) bond motifs is 1. The van der Waals surface area contributed by atoms with Crippen molar-refractivity contribution in [3.63, 3.8) is 0 Å². The fourth-order valence-corrected chi connectivity index (χ4v) is 4.00. The van der Waals surface area contributed by atoms with Gasteiger partial charge in [0.05, 0.1) is 11.3 Å². The number of hydrogen-bond donors (Lipinski definition) is 2. The van der Waals surface area contributed by atoms with Crippen LogP contribution in [0.25, 0.3) is 0 Å². The zero-order valence-corrected chi connectivity index (χ0v) is 15.1. The van der Waals surface area contributed by atoms with E-state index in [1.54, 1.807) is 13.0 Å². The zero-order chi connectivity index (χ0) is 18.2. The number of carbonyl (C=O) groups excluding carboxylic acids is 1. The van der Waals surface area contributed by atoms with Gasteiger partial charge in [-0.25, -0.2) is 8.42 Å². The number of aryl methyl sites for hydroxylation is 1. The van der Waals surface area contributed by atoms with Gasteiger partial charge in [0.15, 0.2) is 0 Å². The molecule has 0 fully saturated rings.